The summed E-state index contributed by atoms with van der Waals surface area (Å²) >= 11 is 0. The van der Waals surface area contributed by atoms with E-state index < -0.39 is 11.9 Å². The fourth-order valence-electron chi connectivity index (χ4n) is 5.22. The van der Waals surface area contributed by atoms with Gasteiger partial charge in [-0.05, 0) is 134 Å². The lowest BCUT2D eigenvalue weighted by Gasteiger charge is -2.08. The molecule has 0 fully saturated rings. The van der Waals surface area contributed by atoms with Crippen molar-refractivity contribution >= 4 is 35.2 Å². The molecule has 0 aromatic heterocycles. The first-order valence-electron chi connectivity index (χ1n) is 18.6. The minimum Gasteiger partial charge on any atom is -0.494 e. The van der Waals surface area contributed by atoms with E-state index in [9.17, 15) is 9.59 Å². The van der Waals surface area contributed by atoms with Crippen LogP contribution >= 0.6 is 0 Å². The maximum atomic E-state index is 12.9. The highest BCUT2D eigenvalue weighted by molar-refractivity contribution is 5.93. The molecule has 0 amide bonds. The minimum absolute atomic E-state index is 0.357. The maximum absolute atomic E-state index is 12.9. The lowest BCUT2D eigenvalue weighted by atomic mass is 10.1. The quantitative estimate of drug-likeness (QED) is 0.0260. The zero-order chi connectivity index (χ0) is 37.8. The fourth-order valence-corrected chi connectivity index (χ4v) is 5.22. The summed E-state index contributed by atoms with van der Waals surface area (Å²) in [7, 11) is 0. The lowest BCUT2D eigenvalue weighted by Crippen LogP contribution is -2.08. The van der Waals surface area contributed by atoms with Gasteiger partial charge in [0.25, 0.3) is 0 Å². The van der Waals surface area contributed by atoms with Crippen LogP contribution in [0.1, 0.15) is 91.5 Å². The van der Waals surface area contributed by atoms with E-state index in [1.165, 1.54) is 32.1 Å². The fraction of sp³-hybridized carbons (Fsp3) is 0.267. The second-order valence-corrected chi connectivity index (χ2v) is 12.7. The van der Waals surface area contributed by atoms with E-state index in [1.54, 1.807) is 103 Å². The molecule has 0 heterocycles. The van der Waals surface area contributed by atoms with Crippen molar-refractivity contribution in [3.05, 3.63) is 138 Å². The average Bonchev–Trinajstić information content (AvgIpc) is 3.21. The Morgan fingerprint density at radius 2 is 1.00 bits per heavy atom. The number of hydrogen-bond donors (Lipinski definition) is 0. The van der Waals surface area contributed by atoms with E-state index in [4.69, 9.17) is 18.9 Å². The Morgan fingerprint density at radius 1 is 0.500 bits per heavy atom. The van der Waals surface area contributed by atoms with Crippen molar-refractivity contribution in [2.24, 2.45) is 15.2 Å². The van der Waals surface area contributed by atoms with Gasteiger partial charge in [-0.2, -0.15) is 10.2 Å². The molecule has 0 saturated carbocycles. The third kappa shape index (κ3) is 13.2. The second kappa shape index (κ2) is 21.4. The van der Waals surface area contributed by atoms with E-state index in [2.05, 4.69) is 29.1 Å². The number of hydrogen-bond acceptors (Lipinski definition) is 9. The predicted octanol–water partition coefficient (Wildman–Crippen LogP) is 12.2. The first kappa shape index (κ1) is 39.1. The van der Waals surface area contributed by atoms with Gasteiger partial charge in [-0.1, -0.05) is 58.4 Å². The van der Waals surface area contributed by atoms with Crippen LogP contribution in [0.2, 0.25) is 0 Å². The van der Waals surface area contributed by atoms with Crippen molar-refractivity contribution in [1.82, 2.24) is 0 Å². The van der Waals surface area contributed by atoms with Gasteiger partial charge in [0, 0.05) is 6.21 Å². The van der Waals surface area contributed by atoms with Crippen LogP contribution in [0.4, 0.5) is 17.1 Å². The molecule has 0 spiro atoms. The molecule has 5 rings (SSSR count). The van der Waals surface area contributed by atoms with Crippen LogP contribution in [0, 0.1) is 0 Å². The van der Waals surface area contributed by atoms with Gasteiger partial charge in [0.05, 0.1) is 41.4 Å². The first-order chi connectivity index (χ1) is 26.5. The van der Waals surface area contributed by atoms with Crippen molar-refractivity contribution < 1.29 is 28.5 Å². The lowest BCUT2D eigenvalue weighted by molar-refractivity contribution is 0.0725. The van der Waals surface area contributed by atoms with Crippen LogP contribution in [-0.4, -0.2) is 31.4 Å². The summed E-state index contributed by atoms with van der Waals surface area (Å²) in [4.78, 5) is 30.1. The van der Waals surface area contributed by atoms with Gasteiger partial charge in [0.1, 0.15) is 23.0 Å². The van der Waals surface area contributed by atoms with Crippen molar-refractivity contribution in [2.75, 3.05) is 13.2 Å². The Labute approximate surface area is 317 Å². The highest BCUT2D eigenvalue weighted by atomic mass is 16.5. The number of esters is 2. The van der Waals surface area contributed by atoms with Crippen LogP contribution < -0.4 is 18.9 Å². The molecule has 278 valence electrons. The van der Waals surface area contributed by atoms with Crippen LogP contribution in [-0.2, 0) is 0 Å². The Morgan fingerprint density at radius 3 is 1.61 bits per heavy atom. The van der Waals surface area contributed by atoms with E-state index in [-0.39, 0.29) is 0 Å². The summed E-state index contributed by atoms with van der Waals surface area (Å²) in [5.41, 5.74) is 3.49. The molecule has 0 atom stereocenters. The number of carbonyl (C=O) groups is 2. The van der Waals surface area contributed by atoms with E-state index in [0.717, 1.165) is 36.3 Å². The van der Waals surface area contributed by atoms with Crippen molar-refractivity contribution in [3.63, 3.8) is 0 Å². The molecule has 5 aromatic carbocycles. The largest absolute Gasteiger partial charge is 0.494 e. The molecule has 9 heteroatoms. The normalized spacial score (nSPS) is 11.1. The Kier molecular flexibility index (Phi) is 15.5. The molecular formula is C45H47N3O6. The summed E-state index contributed by atoms with van der Waals surface area (Å²) in [5, 5.41) is 8.54. The average molecular weight is 726 g/mol. The summed E-state index contributed by atoms with van der Waals surface area (Å²) in [6.45, 7) is 5.70. The number of unbranched alkanes of at least 4 members (excludes halogenated alkanes) is 6. The molecule has 0 aliphatic rings. The monoisotopic (exact) mass is 725 g/mol. The van der Waals surface area contributed by atoms with Gasteiger partial charge in [-0.15, -0.1) is 0 Å². The van der Waals surface area contributed by atoms with Crippen LogP contribution in [0.3, 0.4) is 0 Å². The first-order valence-corrected chi connectivity index (χ1v) is 18.6. The van der Waals surface area contributed by atoms with E-state index >= 15 is 0 Å². The number of rotatable bonds is 20. The van der Waals surface area contributed by atoms with Gasteiger partial charge in [-0.25, -0.2) is 9.59 Å². The minimum atomic E-state index is -0.510. The number of carbonyl (C=O) groups excluding carboxylic acids is 2. The zero-order valence-corrected chi connectivity index (χ0v) is 31.0. The van der Waals surface area contributed by atoms with E-state index in [1.807, 2.05) is 24.3 Å². The maximum Gasteiger partial charge on any atom is 0.343 e. The van der Waals surface area contributed by atoms with Gasteiger partial charge in [-0.3, -0.25) is 4.99 Å². The van der Waals surface area contributed by atoms with Crippen molar-refractivity contribution in [2.45, 2.75) is 65.2 Å². The molecular weight excluding hydrogens is 679 g/mol. The number of benzene rings is 5. The molecule has 0 N–H and O–H groups in total. The SMILES string of the molecule is CCCCCCCCOc1ccc(C(=O)Oc2ccc(C=Nc3cccc(C(=O)Oc4ccc(N=Nc5ccc(OCCCC)cc5)cc4)c3)cc2)cc1. The van der Waals surface area contributed by atoms with Crippen molar-refractivity contribution in [3.8, 4) is 23.0 Å². The Hall–Kier alpha value is -6.09. The molecule has 0 saturated heterocycles. The van der Waals surface area contributed by atoms with Crippen LogP contribution in [0.25, 0.3) is 0 Å². The third-order valence-electron chi connectivity index (χ3n) is 8.32. The second-order valence-electron chi connectivity index (χ2n) is 12.7. The smallest absolute Gasteiger partial charge is 0.343 e. The molecule has 0 aliphatic carbocycles. The number of aliphatic imine (C=N–C) groups is 1. The molecule has 0 bridgehead atoms. The highest BCUT2D eigenvalue weighted by Crippen LogP contribution is 2.25. The molecule has 54 heavy (non-hydrogen) atoms. The summed E-state index contributed by atoms with van der Waals surface area (Å²) in [5.74, 6) is 1.38. The molecule has 5 aromatic rings. The highest BCUT2D eigenvalue weighted by Gasteiger charge is 2.11. The van der Waals surface area contributed by atoms with Crippen LogP contribution in [0.5, 0.6) is 23.0 Å². The third-order valence-corrected chi connectivity index (χ3v) is 8.32. The van der Waals surface area contributed by atoms with Crippen molar-refractivity contribution in [1.29, 1.82) is 0 Å². The van der Waals surface area contributed by atoms with Crippen LogP contribution in [0.15, 0.2) is 137 Å². The van der Waals surface area contributed by atoms with Gasteiger partial charge >= 0.3 is 11.9 Å². The Bertz CT molecular complexity index is 1960. The van der Waals surface area contributed by atoms with Gasteiger partial charge in [0.2, 0.25) is 0 Å². The van der Waals surface area contributed by atoms with Gasteiger partial charge in [0.15, 0.2) is 0 Å². The number of nitrogens with zero attached hydrogens (tertiary/aromatic N) is 3. The predicted molar refractivity (Wildman–Crippen MR) is 213 cm³/mol. The summed E-state index contributed by atoms with van der Waals surface area (Å²) < 4.78 is 22.6. The molecule has 0 unspecified atom stereocenters. The van der Waals surface area contributed by atoms with E-state index in [0.29, 0.717) is 52.9 Å². The zero-order valence-electron chi connectivity index (χ0n) is 31.0. The van der Waals surface area contributed by atoms with Gasteiger partial charge < -0.3 is 18.9 Å². The number of ether oxygens (including phenoxy) is 4. The molecule has 9 nitrogen and oxygen atoms in total. The summed E-state index contributed by atoms with van der Waals surface area (Å²) in [6.07, 6.45) is 11.0. The Balaban J connectivity index is 1.06. The number of azo groups is 1. The standard InChI is InChI=1S/C45H47N3O6/c1-3-5-7-8-9-10-31-52-40-24-16-35(17-25-40)44(49)53-42-22-14-34(15-23-42)33-46-39-13-11-12-36(32-39)45(50)54-43-28-20-38(21-29-43)48-47-37-18-26-41(27-19-37)51-30-6-4-2/h11-29,32-33H,3-10,30-31H2,1-2H3. The topological polar surface area (TPSA) is 108 Å². The summed E-state index contributed by atoms with van der Waals surface area (Å²) in [6, 6.07) is 35.1. The molecule has 0 aliphatic heterocycles. The molecule has 0 radical (unpaired) electrons.